The first-order chi connectivity index (χ1) is 14.9. The second kappa shape index (κ2) is 10.2. The molecule has 1 aliphatic rings. The molecule has 0 unspecified atom stereocenters. The van der Waals surface area contributed by atoms with Crippen LogP contribution in [0.4, 0.5) is 16.3 Å². The molecule has 2 atom stereocenters. The Morgan fingerprint density at radius 2 is 1.90 bits per heavy atom. The van der Waals surface area contributed by atoms with Crippen LogP contribution in [0.25, 0.3) is 11.1 Å². The Kier molecular flexibility index (Phi) is 7.41. The Morgan fingerprint density at radius 1 is 1.16 bits per heavy atom. The molecule has 2 amide bonds. The summed E-state index contributed by atoms with van der Waals surface area (Å²) in [5.74, 6) is 0.0144. The van der Waals surface area contributed by atoms with Crippen molar-refractivity contribution in [3.05, 3.63) is 36.3 Å². The van der Waals surface area contributed by atoms with E-state index in [0.29, 0.717) is 37.6 Å². The summed E-state index contributed by atoms with van der Waals surface area (Å²) in [6.07, 6.45) is 4.96. The first kappa shape index (κ1) is 22.5. The number of hydrogen-bond acceptors (Lipinski definition) is 7. The number of nitrogens with one attached hydrogen (secondary N) is 2. The minimum Gasteiger partial charge on any atom is -0.462 e. The van der Waals surface area contributed by atoms with Gasteiger partial charge < -0.3 is 19.7 Å². The Bertz CT molecular complexity index is 926. The lowest BCUT2D eigenvalue weighted by atomic mass is 10.0. The first-order valence-corrected chi connectivity index (χ1v) is 10.5. The Balaban J connectivity index is 2.01. The molecule has 1 saturated heterocycles. The Labute approximate surface area is 182 Å². The van der Waals surface area contributed by atoms with Crippen LogP contribution in [0.3, 0.4) is 0 Å². The number of hydrogen-bond donors (Lipinski definition) is 2. The van der Waals surface area contributed by atoms with E-state index >= 15 is 0 Å². The predicted molar refractivity (Wildman–Crippen MR) is 118 cm³/mol. The van der Waals surface area contributed by atoms with Crippen LogP contribution < -0.4 is 15.5 Å². The topological polar surface area (TPSA) is 106 Å². The lowest BCUT2D eigenvalue weighted by Crippen LogP contribution is -2.45. The normalized spacial score (nSPS) is 18.4. The minimum absolute atomic E-state index is 0.0496. The Morgan fingerprint density at radius 3 is 2.58 bits per heavy atom. The zero-order valence-electron chi connectivity index (χ0n) is 18.3. The number of amides is 2. The number of morpholine rings is 1. The lowest BCUT2D eigenvalue weighted by molar-refractivity contribution is -0.00519. The molecule has 1 fully saturated rings. The summed E-state index contributed by atoms with van der Waals surface area (Å²) in [7, 11) is 0. The highest BCUT2D eigenvalue weighted by Crippen LogP contribution is 2.34. The van der Waals surface area contributed by atoms with Crippen molar-refractivity contribution in [2.24, 2.45) is 0 Å². The molecule has 0 aromatic carbocycles. The minimum atomic E-state index is -0.422. The molecule has 0 aliphatic carbocycles. The third-order valence-corrected chi connectivity index (χ3v) is 4.78. The van der Waals surface area contributed by atoms with E-state index in [4.69, 9.17) is 9.47 Å². The van der Waals surface area contributed by atoms with Crippen LogP contribution in [0.5, 0.6) is 0 Å². The summed E-state index contributed by atoms with van der Waals surface area (Å²) < 4.78 is 11.0. The third kappa shape index (κ3) is 5.69. The fraction of sp³-hybridized carbons (Fsp3) is 0.455. The summed E-state index contributed by atoms with van der Waals surface area (Å²) >= 11 is 0. The maximum atomic E-state index is 12.2. The van der Waals surface area contributed by atoms with E-state index in [9.17, 15) is 9.59 Å². The smallest absolute Gasteiger partial charge is 0.339 e. The van der Waals surface area contributed by atoms with Crippen LogP contribution >= 0.6 is 0 Å². The zero-order chi connectivity index (χ0) is 22.4. The van der Waals surface area contributed by atoms with E-state index in [0.717, 1.165) is 16.8 Å². The highest BCUT2D eigenvalue weighted by Gasteiger charge is 2.25. The van der Waals surface area contributed by atoms with Gasteiger partial charge in [-0.1, -0.05) is 0 Å². The number of nitrogens with zero attached hydrogens (tertiary/aromatic N) is 3. The van der Waals surface area contributed by atoms with Crippen molar-refractivity contribution in [2.45, 2.75) is 39.9 Å². The first-order valence-electron chi connectivity index (χ1n) is 10.5. The van der Waals surface area contributed by atoms with Gasteiger partial charge in [0.2, 0.25) is 0 Å². The van der Waals surface area contributed by atoms with Gasteiger partial charge in [-0.2, -0.15) is 0 Å². The van der Waals surface area contributed by atoms with E-state index < -0.39 is 5.97 Å². The van der Waals surface area contributed by atoms with Gasteiger partial charge in [-0.05, 0) is 33.8 Å². The summed E-state index contributed by atoms with van der Waals surface area (Å²) in [6.45, 7) is 9.85. The molecule has 0 radical (unpaired) electrons. The second-order valence-corrected chi connectivity index (χ2v) is 7.42. The number of esters is 1. The second-order valence-electron chi connectivity index (χ2n) is 7.42. The highest BCUT2D eigenvalue weighted by molar-refractivity contribution is 5.92. The van der Waals surface area contributed by atoms with Crippen molar-refractivity contribution in [3.8, 4) is 11.1 Å². The van der Waals surface area contributed by atoms with E-state index in [1.165, 1.54) is 6.20 Å². The maximum absolute atomic E-state index is 12.2. The van der Waals surface area contributed by atoms with Gasteiger partial charge in [0.1, 0.15) is 5.82 Å². The molecule has 0 bridgehead atoms. The fourth-order valence-electron chi connectivity index (χ4n) is 3.61. The maximum Gasteiger partial charge on any atom is 0.339 e. The van der Waals surface area contributed by atoms with Gasteiger partial charge in [-0.3, -0.25) is 10.3 Å². The molecular weight excluding hydrogens is 398 g/mol. The van der Waals surface area contributed by atoms with Crippen molar-refractivity contribution in [1.29, 1.82) is 0 Å². The van der Waals surface area contributed by atoms with Crippen molar-refractivity contribution in [2.75, 3.05) is 36.5 Å². The number of anilines is 2. The average molecular weight is 428 g/mol. The van der Waals surface area contributed by atoms with Crippen LogP contribution in [0.2, 0.25) is 0 Å². The quantitative estimate of drug-likeness (QED) is 0.683. The molecule has 2 N–H and O–H groups in total. The van der Waals surface area contributed by atoms with Gasteiger partial charge in [-0.15, -0.1) is 0 Å². The summed E-state index contributed by atoms with van der Waals surface area (Å²) in [4.78, 5) is 35.0. The van der Waals surface area contributed by atoms with Crippen molar-refractivity contribution >= 4 is 23.5 Å². The number of ether oxygens (including phenoxy) is 2. The van der Waals surface area contributed by atoms with Crippen molar-refractivity contribution in [1.82, 2.24) is 15.3 Å². The average Bonchev–Trinajstić information content (AvgIpc) is 2.73. The summed E-state index contributed by atoms with van der Waals surface area (Å²) in [6, 6.07) is 3.27. The molecule has 3 heterocycles. The highest BCUT2D eigenvalue weighted by atomic mass is 16.5. The van der Waals surface area contributed by atoms with Gasteiger partial charge in [-0.25, -0.2) is 14.6 Å². The molecule has 1 aliphatic heterocycles. The number of pyridine rings is 2. The van der Waals surface area contributed by atoms with Gasteiger partial charge in [0.05, 0.1) is 30.1 Å². The van der Waals surface area contributed by atoms with E-state index in [2.05, 4.69) is 25.5 Å². The van der Waals surface area contributed by atoms with Crippen molar-refractivity contribution < 1.29 is 19.1 Å². The number of carbonyl (C=O) groups excluding carboxylic acids is 2. The largest absolute Gasteiger partial charge is 0.462 e. The predicted octanol–water partition coefficient (Wildman–Crippen LogP) is 3.08. The number of aromatic nitrogens is 2. The molecule has 3 rings (SSSR count). The van der Waals surface area contributed by atoms with Gasteiger partial charge in [0.25, 0.3) is 0 Å². The van der Waals surface area contributed by atoms with Gasteiger partial charge in [0, 0.05) is 55.4 Å². The lowest BCUT2D eigenvalue weighted by Gasteiger charge is -2.37. The fourth-order valence-corrected chi connectivity index (χ4v) is 3.61. The molecule has 0 saturated carbocycles. The molecule has 31 heavy (non-hydrogen) atoms. The summed E-state index contributed by atoms with van der Waals surface area (Å²) in [5, 5.41) is 5.46. The standard InChI is InChI=1S/C22H29N5O4/c1-5-24-22(29)26-20-8-19(27-12-14(3)31-15(4)13-27)18(11-25-20)16-7-17(10-23-9-16)21(28)30-6-2/h7-11,14-15H,5-6,12-13H2,1-4H3,(H2,24,25,26,29)/t14-,15+. The molecule has 166 valence electrons. The molecule has 9 heteroatoms. The molecular formula is C22H29N5O4. The Hall–Kier alpha value is -3.20. The van der Waals surface area contributed by atoms with Crippen LogP contribution in [0.15, 0.2) is 30.7 Å². The monoisotopic (exact) mass is 427 g/mol. The van der Waals surface area contributed by atoms with Gasteiger partial charge >= 0.3 is 12.0 Å². The molecule has 2 aromatic heterocycles. The molecule has 0 spiro atoms. The summed E-state index contributed by atoms with van der Waals surface area (Å²) in [5.41, 5.74) is 2.80. The van der Waals surface area contributed by atoms with Crippen LogP contribution in [-0.4, -0.2) is 60.4 Å². The van der Waals surface area contributed by atoms with Gasteiger partial charge in [0.15, 0.2) is 0 Å². The molecule has 2 aromatic rings. The number of urea groups is 1. The molecule has 9 nitrogen and oxygen atoms in total. The van der Waals surface area contributed by atoms with Crippen LogP contribution in [0.1, 0.15) is 38.1 Å². The van der Waals surface area contributed by atoms with Crippen molar-refractivity contribution in [3.63, 3.8) is 0 Å². The van der Waals surface area contributed by atoms with Crippen LogP contribution in [-0.2, 0) is 9.47 Å². The van der Waals surface area contributed by atoms with E-state index in [1.807, 2.05) is 26.8 Å². The zero-order valence-corrected chi connectivity index (χ0v) is 18.3. The number of rotatable bonds is 6. The number of carbonyl (C=O) groups is 2. The van der Waals surface area contributed by atoms with E-state index in [1.54, 1.807) is 25.4 Å². The third-order valence-electron chi connectivity index (χ3n) is 4.78. The van der Waals surface area contributed by atoms with E-state index in [-0.39, 0.29) is 18.2 Å². The SMILES string of the molecule is CCNC(=O)Nc1cc(N2C[C@@H](C)O[C@@H](C)C2)c(-c2cncc(C(=O)OCC)c2)cn1. The van der Waals surface area contributed by atoms with Crippen LogP contribution in [0, 0.1) is 0 Å².